The average molecular weight is 290 g/mol. The highest BCUT2D eigenvalue weighted by Gasteiger charge is 2.14. The molecular formula is C16H26N4O. The van der Waals surface area contributed by atoms with Crippen molar-refractivity contribution in [3.63, 3.8) is 0 Å². The zero-order chi connectivity index (χ0) is 15.3. The van der Waals surface area contributed by atoms with Crippen molar-refractivity contribution in [1.29, 1.82) is 0 Å². The van der Waals surface area contributed by atoms with Crippen molar-refractivity contribution in [1.82, 2.24) is 5.32 Å². The SMILES string of the molecule is CC(C)(C)NC(N)=NCc1ccccc1N1CCOCC1. The molecule has 1 fully saturated rings. The Kier molecular flexibility index (Phi) is 5.07. The maximum Gasteiger partial charge on any atom is 0.189 e. The first-order valence-corrected chi connectivity index (χ1v) is 7.44. The van der Waals surface area contributed by atoms with Crippen LogP contribution in [0.4, 0.5) is 5.69 Å². The molecule has 1 heterocycles. The standard InChI is InChI=1S/C16H26N4O/c1-16(2,3)19-15(17)18-12-13-6-4-5-7-14(13)20-8-10-21-11-9-20/h4-7H,8-12H2,1-3H3,(H3,17,18,19). The molecule has 3 N–H and O–H groups in total. The van der Waals surface area contributed by atoms with Crippen molar-refractivity contribution in [2.45, 2.75) is 32.9 Å². The summed E-state index contributed by atoms with van der Waals surface area (Å²) in [6, 6.07) is 8.36. The summed E-state index contributed by atoms with van der Waals surface area (Å²) >= 11 is 0. The van der Waals surface area contributed by atoms with Crippen molar-refractivity contribution in [2.24, 2.45) is 10.7 Å². The molecule has 0 saturated carbocycles. The molecule has 2 rings (SSSR count). The van der Waals surface area contributed by atoms with Gasteiger partial charge in [0.05, 0.1) is 19.8 Å². The lowest BCUT2D eigenvalue weighted by Crippen LogP contribution is -2.45. The average Bonchev–Trinajstić information content (AvgIpc) is 2.45. The van der Waals surface area contributed by atoms with E-state index in [1.165, 1.54) is 11.3 Å². The molecule has 1 aromatic carbocycles. The van der Waals surface area contributed by atoms with Crippen molar-refractivity contribution < 1.29 is 4.74 Å². The van der Waals surface area contributed by atoms with Gasteiger partial charge in [-0.25, -0.2) is 4.99 Å². The maximum atomic E-state index is 5.94. The number of guanidine groups is 1. The molecule has 0 aliphatic carbocycles. The normalized spacial score (nSPS) is 16.9. The van der Waals surface area contributed by atoms with E-state index in [4.69, 9.17) is 10.5 Å². The monoisotopic (exact) mass is 290 g/mol. The molecule has 21 heavy (non-hydrogen) atoms. The van der Waals surface area contributed by atoms with Gasteiger partial charge in [-0.2, -0.15) is 0 Å². The van der Waals surface area contributed by atoms with Crippen LogP contribution in [0, 0.1) is 0 Å². The summed E-state index contributed by atoms with van der Waals surface area (Å²) in [6.07, 6.45) is 0. The number of aliphatic imine (C=N–C) groups is 1. The Labute approximate surface area is 127 Å². The van der Waals surface area contributed by atoms with Gasteiger partial charge in [-0.05, 0) is 32.4 Å². The summed E-state index contributed by atoms with van der Waals surface area (Å²) in [5, 5.41) is 3.18. The summed E-state index contributed by atoms with van der Waals surface area (Å²) in [4.78, 5) is 6.81. The van der Waals surface area contributed by atoms with Crippen LogP contribution in [0.2, 0.25) is 0 Å². The Morgan fingerprint density at radius 3 is 2.62 bits per heavy atom. The first kappa shape index (κ1) is 15.6. The minimum atomic E-state index is -0.0721. The van der Waals surface area contributed by atoms with Crippen molar-refractivity contribution >= 4 is 11.6 Å². The summed E-state index contributed by atoms with van der Waals surface area (Å²) in [6.45, 7) is 10.2. The molecule has 0 atom stereocenters. The highest BCUT2D eigenvalue weighted by Crippen LogP contribution is 2.22. The fraction of sp³-hybridized carbons (Fsp3) is 0.562. The Morgan fingerprint density at radius 2 is 1.95 bits per heavy atom. The zero-order valence-corrected chi connectivity index (χ0v) is 13.2. The predicted molar refractivity (Wildman–Crippen MR) is 87.7 cm³/mol. The maximum absolute atomic E-state index is 5.94. The van der Waals surface area contributed by atoms with E-state index < -0.39 is 0 Å². The first-order chi connectivity index (χ1) is 9.96. The summed E-state index contributed by atoms with van der Waals surface area (Å²) in [7, 11) is 0. The van der Waals surface area contributed by atoms with Gasteiger partial charge < -0.3 is 20.7 Å². The van der Waals surface area contributed by atoms with E-state index >= 15 is 0 Å². The molecule has 0 radical (unpaired) electrons. The van der Waals surface area contributed by atoms with Crippen molar-refractivity contribution in [3.05, 3.63) is 29.8 Å². The zero-order valence-electron chi connectivity index (χ0n) is 13.2. The first-order valence-electron chi connectivity index (χ1n) is 7.44. The number of anilines is 1. The van der Waals surface area contributed by atoms with Gasteiger partial charge in [-0.1, -0.05) is 18.2 Å². The number of hydrogen-bond donors (Lipinski definition) is 2. The predicted octanol–water partition coefficient (Wildman–Crippen LogP) is 1.73. The molecule has 1 aliphatic heterocycles. The second kappa shape index (κ2) is 6.80. The number of hydrogen-bond acceptors (Lipinski definition) is 3. The topological polar surface area (TPSA) is 62.9 Å². The van der Waals surface area contributed by atoms with Crippen LogP contribution < -0.4 is 16.0 Å². The summed E-state index contributed by atoms with van der Waals surface area (Å²) < 4.78 is 5.41. The van der Waals surface area contributed by atoms with Crippen LogP contribution in [0.3, 0.4) is 0 Å². The smallest absolute Gasteiger partial charge is 0.189 e. The van der Waals surface area contributed by atoms with Crippen LogP contribution in [-0.4, -0.2) is 37.8 Å². The van der Waals surface area contributed by atoms with E-state index in [1.807, 2.05) is 6.07 Å². The van der Waals surface area contributed by atoms with E-state index in [0.717, 1.165) is 26.3 Å². The summed E-state index contributed by atoms with van der Waals surface area (Å²) in [5.41, 5.74) is 8.29. The molecule has 0 aromatic heterocycles. The molecule has 116 valence electrons. The number of nitrogens with zero attached hydrogens (tertiary/aromatic N) is 2. The van der Waals surface area contributed by atoms with Crippen molar-refractivity contribution in [2.75, 3.05) is 31.2 Å². The van der Waals surface area contributed by atoms with E-state index in [0.29, 0.717) is 12.5 Å². The van der Waals surface area contributed by atoms with Crippen LogP contribution in [0.25, 0.3) is 0 Å². The number of benzene rings is 1. The number of para-hydroxylation sites is 1. The minimum Gasteiger partial charge on any atom is -0.378 e. The highest BCUT2D eigenvalue weighted by atomic mass is 16.5. The molecule has 1 saturated heterocycles. The Balaban J connectivity index is 2.08. The molecule has 0 spiro atoms. The van der Waals surface area contributed by atoms with Gasteiger partial charge in [0.25, 0.3) is 0 Å². The second-order valence-corrected chi connectivity index (χ2v) is 6.30. The van der Waals surface area contributed by atoms with Gasteiger partial charge in [0.2, 0.25) is 0 Å². The molecule has 1 aliphatic rings. The molecular weight excluding hydrogens is 264 g/mol. The fourth-order valence-corrected chi connectivity index (χ4v) is 2.35. The minimum absolute atomic E-state index is 0.0721. The van der Waals surface area contributed by atoms with E-state index in [2.05, 4.69) is 54.2 Å². The molecule has 5 nitrogen and oxygen atoms in total. The third kappa shape index (κ3) is 4.93. The molecule has 5 heteroatoms. The van der Waals surface area contributed by atoms with Gasteiger partial charge in [0.15, 0.2) is 5.96 Å². The van der Waals surface area contributed by atoms with Gasteiger partial charge in [0.1, 0.15) is 0 Å². The fourth-order valence-electron chi connectivity index (χ4n) is 2.35. The molecule has 0 amide bonds. The molecule has 0 bridgehead atoms. The van der Waals surface area contributed by atoms with Gasteiger partial charge in [-0.3, -0.25) is 0 Å². The number of rotatable bonds is 3. The number of ether oxygens (including phenoxy) is 1. The lowest BCUT2D eigenvalue weighted by atomic mass is 10.1. The van der Waals surface area contributed by atoms with E-state index in [1.54, 1.807) is 0 Å². The van der Waals surface area contributed by atoms with E-state index in [9.17, 15) is 0 Å². The highest BCUT2D eigenvalue weighted by molar-refractivity contribution is 5.78. The third-order valence-electron chi connectivity index (χ3n) is 3.27. The van der Waals surface area contributed by atoms with Crippen LogP contribution >= 0.6 is 0 Å². The quantitative estimate of drug-likeness (QED) is 0.657. The van der Waals surface area contributed by atoms with Gasteiger partial charge >= 0.3 is 0 Å². The third-order valence-corrected chi connectivity index (χ3v) is 3.27. The lowest BCUT2D eigenvalue weighted by Gasteiger charge is -2.30. The second-order valence-electron chi connectivity index (χ2n) is 6.30. The molecule has 0 unspecified atom stereocenters. The Hall–Kier alpha value is -1.75. The van der Waals surface area contributed by atoms with Crippen LogP contribution in [0.5, 0.6) is 0 Å². The van der Waals surface area contributed by atoms with Crippen LogP contribution in [-0.2, 0) is 11.3 Å². The molecule has 1 aromatic rings. The van der Waals surface area contributed by atoms with E-state index in [-0.39, 0.29) is 5.54 Å². The van der Waals surface area contributed by atoms with Gasteiger partial charge in [0, 0.05) is 24.3 Å². The number of nitrogens with two attached hydrogens (primary N) is 1. The Morgan fingerprint density at radius 1 is 1.29 bits per heavy atom. The van der Waals surface area contributed by atoms with Crippen molar-refractivity contribution in [3.8, 4) is 0 Å². The van der Waals surface area contributed by atoms with Crippen LogP contribution in [0.1, 0.15) is 26.3 Å². The summed E-state index contributed by atoms with van der Waals surface area (Å²) in [5.74, 6) is 0.485. The largest absolute Gasteiger partial charge is 0.378 e. The number of morpholine rings is 1. The lowest BCUT2D eigenvalue weighted by molar-refractivity contribution is 0.122. The Bertz CT molecular complexity index is 487. The number of nitrogens with one attached hydrogen (secondary N) is 1. The van der Waals surface area contributed by atoms with Crippen LogP contribution in [0.15, 0.2) is 29.3 Å². The van der Waals surface area contributed by atoms with Gasteiger partial charge in [-0.15, -0.1) is 0 Å².